The summed E-state index contributed by atoms with van der Waals surface area (Å²) in [6.07, 6.45) is 3.08. The Balaban J connectivity index is 1.64. The Morgan fingerprint density at radius 3 is 2.45 bits per heavy atom. The molecule has 2 amide bonds. The summed E-state index contributed by atoms with van der Waals surface area (Å²) in [5.41, 5.74) is 1.68. The van der Waals surface area contributed by atoms with Gasteiger partial charge in [-0.1, -0.05) is 0 Å². The summed E-state index contributed by atoms with van der Waals surface area (Å²) < 4.78 is 5.28. The lowest BCUT2D eigenvalue weighted by Crippen LogP contribution is -2.30. The molecule has 0 bridgehead atoms. The zero-order valence-corrected chi connectivity index (χ0v) is 12.9. The topological polar surface area (TPSA) is 58.6 Å². The molecule has 2 fully saturated rings. The van der Waals surface area contributed by atoms with Gasteiger partial charge in [0.2, 0.25) is 11.8 Å². The van der Waals surface area contributed by atoms with Gasteiger partial charge in [0, 0.05) is 43.0 Å². The Kier molecular flexibility index (Phi) is 4.43. The molecule has 5 heteroatoms. The van der Waals surface area contributed by atoms with E-state index < -0.39 is 0 Å². The van der Waals surface area contributed by atoms with Crippen molar-refractivity contribution in [2.45, 2.75) is 38.6 Å². The van der Waals surface area contributed by atoms with Crippen LogP contribution in [-0.2, 0) is 14.3 Å². The van der Waals surface area contributed by atoms with E-state index in [1.54, 1.807) is 0 Å². The monoisotopic (exact) mass is 302 g/mol. The van der Waals surface area contributed by atoms with Crippen molar-refractivity contribution in [3.8, 4) is 0 Å². The van der Waals surface area contributed by atoms with Crippen LogP contribution in [0.4, 0.5) is 11.4 Å². The first-order valence-corrected chi connectivity index (χ1v) is 7.96. The van der Waals surface area contributed by atoms with Crippen molar-refractivity contribution >= 4 is 23.2 Å². The summed E-state index contributed by atoms with van der Waals surface area (Å²) in [5, 5.41) is 2.95. The number of nitrogens with zero attached hydrogens (tertiary/aromatic N) is 1. The zero-order valence-electron chi connectivity index (χ0n) is 12.9. The number of nitrogens with one attached hydrogen (secondary N) is 1. The van der Waals surface area contributed by atoms with E-state index in [9.17, 15) is 9.59 Å². The average Bonchev–Trinajstić information content (AvgIpc) is 2.88. The van der Waals surface area contributed by atoms with Crippen molar-refractivity contribution in [2.75, 3.05) is 23.4 Å². The third-order valence-corrected chi connectivity index (χ3v) is 4.49. The second kappa shape index (κ2) is 6.48. The minimum Gasteiger partial charge on any atom is -0.381 e. The molecule has 1 aromatic carbocycles. The molecular weight excluding hydrogens is 280 g/mol. The van der Waals surface area contributed by atoms with Gasteiger partial charge in [-0.2, -0.15) is 0 Å². The number of ether oxygens (including phenoxy) is 1. The molecule has 0 radical (unpaired) electrons. The van der Waals surface area contributed by atoms with Crippen molar-refractivity contribution in [1.29, 1.82) is 0 Å². The van der Waals surface area contributed by atoms with Gasteiger partial charge in [0.25, 0.3) is 0 Å². The maximum atomic E-state index is 12.2. The smallest absolute Gasteiger partial charge is 0.227 e. The first kappa shape index (κ1) is 15.0. The van der Waals surface area contributed by atoms with Gasteiger partial charge < -0.3 is 15.0 Å². The van der Waals surface area contributed by atoms with Crippen LogP contribution in [0.3, 0.4) is 0 Å². The van der Waals surface area contributed by atoms with Crippen molar-refractivity contribution in [3.05, 3.63) is 24.3 Å². The molecule has 0 aromatic heterocycles. The molecule has 1 N–H and O–H groups in total. The van der Waals surface area contributed by atoms with Gasteiger partial charge in [0.05, 0.1) is 0 Å². The highest BCUT2D eigenvalue weighted by atomic mass is 16.5. The number of carbonyl (C=O) groups excluding carboxylic acids is 2. The van der Waals surface area contributed by atoms with Crippen LogP contribution in [0.1, 0.15) is 32.6 Å². The largest absolute Gasteiger partial charge is 0.381 e. The van der Waals surface area contributed by atoms with Gasteiger partial charge in [-0.05, 0) is 50.5 Å². The predicted octanol–water partition coefficient (Wildman–Crippen LogP) is 2.57. The van der Waals surface area contributed by atoms with Crippen molar-refractivity contribution < 1.29 is 14.3 Å². The molecule has 1 aromatic rings. The van der Waals surface area contributed by atoms with E-state index in [-0.39, 0.29) is 23.8 Å². The minimum absolute atomic E-state index is 0.0357. The molecule has 0 saturated carbocycles. The normalized spacial score (nSPS) is 22.9. The fourth-order valence-corrected chi connectivity index (χ4v) is 3.14. The highest BCUT2D eigenvalue weighted by Gasteiger charge is 2.28. The number of hydrogen-bond donors (Lipinski definition) is 1. The number of amides is 2. The van der Waals surface area contributed by atoms with Crippen molar-refractivity contribution in [1.82, 2.24) is 0 Å². The van der Waals surface area contributed by atoms with Gasteiger partial charge in [-0.25, -0.2) is 0 Å². The predicted molar refractivity (Wildman–Crippen MR) is 84.8 cm³/mol. The van der Waals surface area contributed by atoms with E-state index in [0.717, 1.165) is 30.6 Å². The van der Waals surface area contributed by atoms with Crippen LogP contribution in [0.15, 0.2) is 24.3 Å². The molecule has 5 nitrogen and oxygen atoms in total. The lowest BCUT2D eigenvalue weighted by atomic mass is 9.99. The standard InChI is InChI=1S/C17H22N2O3/c1-12-2-7-16(20)19(12)15-5-3-14(4-6-15)18-17(21)13-8-10-22-11-9-13/h3-6,12-13H,2,7-11H2,1H3,(H,18,21). The molecule has 2 heterocycles. The Bertz CT molecular complexity index is 550. The molecule has 1 unspecified atom stereocenters. The summed E-state index contributed by atoms with van der Waals surface area (Å²) >= 11 is 0. The summed E-state index contributed by atoms with van der Waals surface area (Å²) in [7, 11) is 0. The third-order valence-electron chi connectivity index (χ3n) is 4.49. The first-order valence-electron chi connectivity index (χ1n) is 7.96. The maximum absolute atomic E-state index is 12.2. The van der Waals surface area contributed by atoms with E-state index >= 15 is 0 Å². The minimum atomic E-state index is 0.0357. The van der Waals surface area contributed by atoms with Crippen molar-refractivity contribution in [2.24, 2.45) is 5.92 Å². The average molecular weight is 302 g/mol. The van der Waals surface area contributed by atoms with Crippen LogP contribution < -0.4 is 10.2 Å². The van der Waals surface area contributed by atoms with Gasteiger partial charge >= 0.3 is 0 Å². The van der Waals surface area contributed by atoms with Crippen LogP contribution in [0, 0.1) is 5.92 Å². The third kappa shape index (κ3) is 3.14. The fourth-order valence-electron chi connectivity index (χ4n) is 3.14. The maximum Gasteiger partial charge on any atom is 0.227 e. The number of anilines is 2. The van der Waals surface area contributed by atoms with Gasteiger partial charge in [-0.3, -0.25) is 9.59 Å². The molecule has 118 valence electrons. The number of rotatable bonds is 3. The molecule has 3 rings (SSSR count). The Labute approximate surface area is 130 Å². The molecule has 2 aliphatic heterocycles. The SMILES string of the molecule is CC1CCC(=O)N1c1ccc(NC(=O)C2CCOCC2)cc1. The first-order chi connectivity index (χ1) is 10.6. The molecule has 2 aliphatic rings. The van der Waals surface area contributed by atoms with Gasteiger partial charge in [-0.15, -0.1) is 0 Å². The van der Waals surface area contributed by atoms with E-state index in [1.807, 2.05) is 29.2 Å². The van der Waals surface area contributed by atoms with Crippen LogP contribution in [0.2, 0.25) is 0 Å². The van der Waals surface area contributed by atoms with Crippen molar-refractivity contribution in [3.63, 3.8) is 0 Å². The Morgan fingerprint density at radius 2 is 1.86 bits per heavy atom. The van der Waals surface area contributed by atoms with Gasteiger partial charge in [0.15, 0.2) is 0 Å². The second-order valence-corrected chi connectivity index (χ2v) is 6.07. The Hall–Kier alpha value is -1.88. The summed E-state index contributed by atoms with van der Waals surface area (Å²) in [6.45, 7) is 3.38. The van der Waals surface area contributed by atoms with E-state index in [1.165, 1.54) is 0 Å². The van der Waals surface area contributed by atoms with Crippen LogP contribution in [0.5, 0.6) is 0 Å². The summed E-state index contributed by atoms with van der Waals surface area (Å²) in [4.78, 5) is 25.9. The lowest BCUT2D eigenvalue weighted by molar-refractivity contribution is -0.122. The molecule has 22 heavy (non-hydrogen) atoms. The fraction of sp³-hybridized carbons (Fsp3) is 0.529. The van der Waals surface area contributed by atoms with Crippen LogP contribution >= 0.6 is 0 Å². The molecule has 1 atom stereocenters. The van der Waals surface area contributed by atoms with E-state index in [4.69, 9.17) is 4.74 Å². The molecule has 2 saturated heterocycles. The quantitative estimate of drug-likeness (QED) is 0.933. The summed E-state index contributed by atoms with van der Waals surface area (Å²) in [6, 6.07) is 7.78. The lowest BCUT2D eigenvalue weighted by Gasteiger charge is -2.23. The highest BCUT2D eigenvalue weighted by molar-refractivity contribution is 5.97. The number of hydrogen-bond acceptors (Lipinski definition) is 3. The van der Waals surface area contributed by atoms with Crippen LogP contribution in [-0.4, -0.2) is 31.1 Å². The molecule has 0 aliphatic carbocycles. The van der Waals surface area contributed by atoms with Crippen LogP contribution in [0.25, 0.3) is 0 Å². The molecule has 0 spiro atoms. The zero-order chi connectivity index (χ0) is 15.5. The Morgan fingerprint density at radius 1 is 1.18 bits per heavy atom. The van der Waals surface area contributed by atoms with E-state index in [0.29, 0.717) is 19.6 Å². The number of carbonyl (C=O) groups is 2. The highest BCUT2D eigenvalue weighted by Crippen LogP contribution is 2.27. The van der Waals surface area contributed by atoms with E-state index in [2.05, 4.69) is 12.2 Å². The second-order valence-electron chi connectivity index (χ2n) is 6.07. The molecular formula is C17H22N2O3. The number of benzene rings is 1. The summed E-state index contributed by atoms with van der Waals surface area (Å²) in [5.74, 6) is 0.266. The van der Waals surface area contributed by atoms with Gasteiger partial charge in [0.1, 0.15) is 0 Å².